The van der Waals surface area contributed by atoms with E-state index in [0.29, 0.717) is 18.2 Å². The van der Waals surface area contributed by atoms with E-state index in [4.69, 9.17) is 4.74 Å². The van der Waals surface area contributed by atoms with Crippen molar-refractivity contribution in [2.24, 2.45) is 5.92 Å². The maximum Gasteiger partial charge on any atom is 0.268 e. The zero-order valence-corrected chi connectivity index (χ0v) is 17.5. The minimum Gasteiger partial charge on any atom is -0.488 e. The first kappa shape index (κ1) is 20.0. The third kappa shape index (κ3) is 4.75. The first-order chi connectivity index (χ1) is 13.2. The highest BCUT2D eigenvalue weighted by molar-refractivity contribution is 6.00. The summed E-state index contributed by atoms with van der Waals surface area (Å²) >= 11 is 0. The lowest BCUT2D eigenvalue weighted by molar-refractivity contribution is 0.0909. The van der Waals surface area contributed by atoms with Gasteiger partial charge in [0.1, 0.15) is 18.1 Å². The van der Waals surface area contributed by atoms with Crippen molar-refractivity contribution in [2.45, 2.75) is 53.3 Å². The number of fused-ring (bicyclic) bond motifs is 1. The minimum atomic E-state index is -0.289. The van der Waals surface area contributed by atoms with Gasteiger partial charge < -0.3 is 14.6 Å². The topological polar surface area (TPSA) is 43.3 Å². The molecule has 3 rings (SSSR count). The molecule has 0 saturated carbocycles. The van der Waals surface area contributed by atoms with Gasteiger partial charge >= 0.3 is 0 Å². The number of nitrogens with zero attached hydrogens (tertiary/aromatic N) is 1. The van der Waals surface area contributed by atoms with Crippen molar-refractivity contribution in [3.63, 3.8) is 0 Å². The second-order valence-corrected chi connectivity index (χ2v) is 8.70. The quantitative estimate of drug-likeness (QED) is 0.624. The fourth-order valence-corrected chi connectivity index (χ4v) is 3.27. The van der Waals surface area contributed by atoms with Crippen LogP contribution in [-0.4, -0.2) is 16.0 Å². The van der Waals surface area contributed by atoms with Gasteiger partial charge in [-0.05, 0) is 50.5 Å². The molecule has 1 amide bonds. The summed E-state index contributed by atoms with van der Waals surface area (Å²) in [5, 5.41) is 4.06. The Morgan fingerprint density at radius 2 is 1.79 bits per heavy atom. The molecule has 1 N–H and O–H groups in total. The number of amides is 1. The van der Waals surface area contributed by atoms with E-state index < -0.39 is 0 Å². The van der Waals surface area contributed by atoms with Gasteiger partial charge in [0.2, 0.25) is 0 Å². The molecule has 0 spiro atoms. The lowest BCUT2D eigenvalue weighted by Crippen LogP contribution is -2.41. The van der Waals surface area contributed by atoms with Gasteiger partial charge in [-0.1, -0.05) is 50.2 Å². The molecule has 0 saturated heterocycles. The van der Waals surface area contributed by atoms with Crippen LogP contribution in [0.5, 0.6) is 5.75 Å². The van der Waals surface area contributed by atoms with Crippen molar-refractivity contribution in [3.8, 4) is 5.75 Å². The van der Waals surface area contributed by atoms with Crippen LogP contribution in [-0.2, 0) is 13.2 Å². The van der Waals surface area contributed by atoms with Gasteiger partial charge in [-0.15, -0.1) is 0 Å². The normalized spacial score (nSPS) is 11.8. The predicted molar refractivity (Wildman–Crippen MR) is 115 cm³/mol. The third-order valence-electron chi connectivity index (χ3n) is 4.41. The fraction of sp³-hybridized carbons (Fsp3) is 0.375. The van der Waals surface area contributed by atoms with E-state index in [1.807, 2.05) is 69.3 Å². The molecule has 0 bridgehead atoms. The van der Waals surface area contributed by atoms with Crippen LogP contribution in [0.15, 0.2) is 54.6 Å². The molecule has 28 heavy (non-hydrogen) atoms. The molecule has 1 aromatic heterocycles. The number of hydrogen-bond donors (Lipinski definition) is 1. The molecular weight excluding hydrogens is 348 g/mol. The maximum atomic E-state index is 13.0. The second kappa shape index (κ2) is 8.09. The van der Waals surface area contributed by atoms with E-state index in [-0.39, 0.29) is 11.4 Å². The first-order valence-electron chi connectivity index (χ1n) is 9.86. The summed E-state index contributed by atoms with van der Waals surface area (Å²) in [6, 6.07) is 18.1. The van der Waals surface area contributed by atoms with Crippen LogP contribution >= 0.6 is 0 Å². The zero-order chi connectivity index (χ0) is 20.3. The van der Waals surface area contributed by atoms with E-state index in [2.05, 4.69) is 29.8 Å². The average Bonchev–Trinajstić information content (AvgIpc) is 2.98. The van der Waals surface area contributed by atoms with Crippen LogP contribution in [0, 0.1) is 5.92 Å². The summed E-state index contributed by atoms with van der Waals surface area (Å²) in [5.41, 5.74) is 2.53. The van der Waals surface area contributed by atoms with Gasteiger partial charge in [-0.25, -0.2) is 0 Å². The Kier molecular flexibility index (Phi) is 5.78. The number of carbonyl (C=O) groups is 1. The molecule has 0 unspecified atom stereocenters. The highest BCUT2D eigenvalue weighted by Crippen LogP contribution is 2.30. The summed E-state index contributed by atoms with van der Waals surface area (Å²) in [6.45, 7) is 11.6. The van der Waals surface area contributed by atoms with Crippen LogP contribution < -0.4 is 10.1 Å². The first-order valence-corrected chi connectivity index (χ1v) is 9.86. The van der Waals surface area contributed by atoms with Crippen molar-refractivity contribution in [1.29, 1.82) is 0 Å². The average molecular weight is 379 g/mol. The molecule has 4 nitrogen and oxygen atoms in total. The predicted octanol–water partition coefficient (Wildman–Crippen LogP) is 5.40. The Hall–Kier alpha value is -2.75. The molecular formula is C24H30N2O2. The zero-order valence-electron chi connectivity index (χ0n) is 17.5. The molecule has 0 aliphatic rings. The Morgan fingerprint density at radius 3 is 2.43 bits per heavy atom. The van der Waals surface area contributed by atoms with Crippen molar-refractivity contribution in [2.75, 3.05) is 0 Å². The minimum absolute atomic E-state index is 0.0571. The Labute approximate surface area is 167 Å². The number of nitrogens with one attached hydrogen (secondary N) is 1. The molecule has 0 aliphatic heterocycles. The highest BCUT2D eigenvalue weighted by Gasteiger charge is 2.22. The van der Waals surface area contributed by atoms with E-state index in [1.54, 1.807) is 0 Å². The lowest BCUT2D eigenvalue weighted by Gasteiger charge is -2.21. The van der Waals surface area contributed by atoms with Crippen molar-refractivity contribution >= 4 is 16.8 Å². The lowest BCUT2D eigenvalue weighted by atomic mass is 10.1. The van der Waals surface area contributed by atoms with E-state index in [0.717, 1.165) is 28.8 Å². The van der Waals surface area contributed by atoms with Crippen molar-refractivity contribution in [1.82, 2.24) is 9.88 Å². The van der Waals surface area contributed by atoms with Crippen molar-refractivity contribution in [3.05, 3.63) is 65.9 Å². The summed E-state index contributed by atoms with van der Waals surface area (Å²) in [6.07, 6.45) is 0. The number of benzene rings is 2. The fourth-order valence-electron chi connectivity index (χ4n) is 3.27. The molecule has 4 heteroatoms. The molecule has 3 aromatic rings. The van der Waals surface area contributed by atoms with Gasteiger partial charge in [0.25, 0.3) is 5.91 Å². The second-order valence-electron chi connectivity index (χ2n) is 8.70. The number of hydrogen-bond acceptors (Lipinski definition) is 2. The van der Waals surface area contributed by atoms with E-state index in [1.165, 1.54) is 0 Å². The maximum absolute atomic E-state index is 13.0. The molecule has 148 valence electrons. The summed E-state index contributed by atoms with van der Waals surface area (Å²) in [4.78, 5) is 13.0. The summed E-state index contributed by atoms with van der Waals surface area (Å²) in [5.74, 6) is 1.16. The number of rotatable bonds is 6. The van der Waals surface area contributed by atoms with Crippen LogP contribution in [0.2, 0.25) is 0 Å². The van der Waals surface area contributed by atoms with Gasteiger partial charge in [-0.3, -0.25) is 4.79 Å². The molecule has 0 fully saturated rings. The number of carbonyl (C=O) groups excluding carboxylic acids is 1. The van der Waals surface area contributed by atoms with Crippen LogP contribution in [0.4, 0.5) is 0 Å². The van der Waals surface area contributed by atoms with Crippen LogP contribution in [0.1, 0.15) is 50.7 Å². The molecule has 0 atom stereocenters. The Balaban J connectivity index is 1.99. The number of ether oxygens (including phenoxy) is 1. The van der Waals surface area contributed by atoms with Gasteiger partial charge in [-0.2, -0.15) is 0 Å². The molecule has 0 radical (unpaired) electrons. The Bertz CT molecular complexity index is 950. The molecule has 0 aliphatic carbocycles. The van der Waals surface area contributed by atoms with E-state index in [9.17, 15) is 4.79 Å². The number of aromatic nitrogens is 1. The summed E-state index contributed by atoms with van der Waals surface area (Å²) in [7, 11) is 0. The van der Waals surface area contributed by atoms with Crippen LogP contribution in [0.3, 0.4) is 0 Å². The standard InChI is InChI=1S/C24H30N2O2/c1-17(2)15-26-20-12-9-13-22(28-16-18-10-7-6-8-11-18)19(20)14-21(26)23(27)25-24(3,4)5/h6-14,17H,15-16H2,1-5H3,(H,25,27). The Morgan fingerprint density at radius 1 is 1.07 bits per heavy atom. The van der Waals surface area contributed by atoms with Gasteiger partial charge in [0.05, 0.1) is 5.52 Å². The van der Waals surface area contributed by atoms with Gasteiger partial charge in [0.15, 0.2) is 0 Å². The largest absolute Gasteiger partial charge is 0.488 e. The SMILES string of the molecule is CC(C)Cn1c(C(=O)NC(C)(C)C)cc2c(OCc3ccccc3)cccc21. The smallest absolute Gasteiger partial charge is 0.268 e. The monoisotopic (exact) mass is 378 g/mol. The third-order valence-corrected chi connectivity index (χ3v) is 4.41. The van der Waals surface area contributed by atoms with Crippen molar-refractivity contribution < 1.29 is 9.53 Å². The van der Waals surface area contributed by atoms with Crippen LogP contribution in [0.25, 0.3) is 10.9 Å². The molecule has 1 heterocycles. The molecule has 2 aromatic carbocycles. The summed E-state index contributed by atoms with van der Waals surface area (Å²) < 4.78 is 8.22. The highest BCUT2D eigenvalue weighted by atomic mass is 16.5. The van der Waals surface area contributed by atoms with E-state index >= 15 is 0 Å². The van der Waals surface area contributed by atoms with Gasteiger partial charge in [0, 0.05) is 17.5 Å².